The van der Waals surface area contributed by atoms with Crippen LogP contribution in [-0.4, -0.2) is 42.6 Å². The molecule has 1 aliphatic heterocycles. The van der Waals surface area contributed by atoms with Crippen LogP contribution in [0.2, 0.25) is 0 Å². The highest BCUT2D eigenvalue weighted by atomic mass is 79.9. The molecular weight excluding hydrogens is 339 g/mol. The quantitative estimate of drug-likeness (QED) is 0.760. The van der Waals surface area contributed by atoms with Gasteiger partial charge in [0.25, 0.3) is 0 Å². The van der Waals surface area contributed by atoms with Gasteiger partial charge < -0.3 is 14.5 Å². The van der Waals surface area contributed by atoms with Crippen molar-refractivity contribution in [1.29, 1.82) is 0 Å². The molecule has 1 aromatic carbocycles. The molecule has 1 aliphatic rings. The van der Waals surface area contributed by atoms with Crippen molar-refractivity contribution in [3.8, 4) is 0 Å². The van der Waals surface area contributed by atoms with E-state index in [-0.39, 0.29) is 14.3 Å². The van der Waals surface area contributed by atoms with E-state index in [1.807, 2.05) is 0 Å². The van der Waals surface area contributed by atoms with Crippen molar-refractivity contribution in [3.63, 3.8) is 0 Å². The highest BCUT2D eigenvalue weighted by molar-refractivity contribution is 9.10. The number of carbonyl (C=O) groups excluding carboxylic acids is 1. The van der Waals surface area contributed by atoms with Gasteiger partial charge in [0.15, 0.2) is 0 Å². The number of benzene rings is 1. The first kappa shape index (κ1) is 8.36. The summed E-state index contributed by atoms with van der Waals surface area (Å²) in [4.78, 5) is 12.5. The molecule has 0 N–H and O–H groups in total. The second-order valence-electron chi connectivity index (χ2n) is 5.23. The minimum Gasteiger partial charge on any atom is -0.444 e. The zero-order valence-electron chi connectivity index (χ0n) is 19.7. The predicted octanol–water partition coefficient (Wildman–Crippen LogP) is 3.65. The number of amides is 1. The molecule has 1 heterocycles. The van der Waals surface area contributed by atoms with Crippen molar-refractivity contribution in [1.82, 2.24) is 4.90 Å². The number of hydrogen-bond acceptors (Lipinski definition) is 3. The standard InChI is InChI=1S/C15H20BrFN2O2/c1-15(2,3)21-14(20)19-6-4-18(5-7-19)13-9-11(16)8-12(17)10-13/h8-10H,4-7H2,1-3H3/i4D2,5D2,6D2,7D2. The van der Waals surface area contributed by atoms with E-state index in [4.69, 9.17) is 15.7 Å². The molecule has 1 aromatic rings. The summed E-state index contributed by atoms with van der Waals surface area (Å²) >= 11 is 3.00. The molecule has 1 fully saturated rings. The third-order valence-corrected chi connectivity index (χ3v) is 2.69. The van der Waals surface area contributed by atoms with Gasteiger partial charge in [0, 0.05) is 36.1 Å². The summed E-state index contributed by atoms with van der Waals surface area (Å²) in [5, 5.41) is 0. The molecule has 4 nitrogen and oxygen atoms in total. The van der Waals surface area contributed by atoms with Crippen LogP contribution in [0.15, 0.2) is 22.7 Å². The first-order valence-corrected chi connectivity index (χ1v) is 6.86. The molecular formula is C15H20BrFN2O2. The maximum Gasteiger partial charge on any atom is 0.410 e. The van der Waals surface area contributed by atoms with Gasteiger partial charge in [-0.1, -0.05) is 15.9 Å². The second kappa shape index (κ2) is 6.22. The summed E-state index contributed by atoms with van der Waals surface area (Å²) in [6.45, 7) is -9.09. The molecule has 2 rings (SSSR count). The third kappa shape index (κ3) is 4.59. The van der Waals surface area contributed by atoms with Gasteiger partial charge in [0.2, 0.25) is 0 Å². The van der Waals surface area contributed by atoms with E-state index in [1.165, 1.54) is 20.8 Å². The van der Waals surface area contributed by atoms with Gasteiger partial charge in [-0.05, 0) is 39.0 Å². The van der Waals surface area contributed by atoms with Gasteiger partial charge in [-0.3, -0.25) is 0 Å². The zero-order valence-corrected chi connectivity index (χ0v) is 13.3. The highest BCUT2D eigenvalue weighted by Gasteiger charge is 2.26. The normalized spacial score (nSPS) is 31.3. The van der Waals surface area contributed by atoms with Crippen LogP contribution in [0.3, 0.4) is 0 Å². The lowest BCUT2D eigenvalue weighted by atomic mass is 10.2. The Labute approximate surface area is 144 Å². The van der Waals surface area contributed by atoms with E-state index >= 15 is 0 Å². The lowest BCUT2D eigenvalue weighted by molar-refractivity contribution is 0.0240. The monoisotopic (exact) mass is 366 g/mol. The topological polar surface area (TPSA) is 32.8 Å². The first-order chi connectivity index (χ1) is 12.8. The number of piperazine rings is 1. The van der Waals surface area contributed by atoms with Crippen LogP contribution in [0, 0.1) is 5.82 Å². The van der Waals surface area contributed by atoms with Crippen LogP contribution in [0.4, 0.5) is 14.9 Å². The molecule has 0 radical (unpaired) electrons. The smallest absolute Gasteiger partial charge is 0.410 e. The first-order valence-electron chi connectivity index (χ1n) is 10.1. The molecule has 116 valence electrons. The van der Waals surface area contributed by atoms with E-state index < -0.39 is 49.2 Å². The van der Waals surface area contributed by atoms with Gasteiger partial charge in [-0.2, -0.15) is 0 Å². The number of anilines is 1. The van der Waals surface area contributed by atoms with Crippen molar-refractivity contribution in [2.24, 2.45) is 0 Å². The summed E-state index contributed by atoms with van der Waals surface area (Å²) < 4.78 is 84.9. The van der Waals surface area contributed by atoms with E-state index in [0.29, 0.717) is 0 Å². The third-order valence-electron chi connectivity index (χ3n) is 2.23. The molecule has 0 aliphatic carbocycles. The van der Waals surface area contributed by atoms with Crippen LogP contribution in [0.1, 0.15) is 31.7 Å². The Morgan fingerprint density at radius 2 is 1.90 bits per heavy atom. The summed E-state index contributed by atoms with van der Waals surface area (Å²) in [5.74, 6) is -0.878. The lowest BCUT2D eigenvalue weighted by Crippen LogP contribution is -2.50. The molecule has 1 saturated heterocycles. The molecule has 0 aromatic heterocycles. The highest BCUT2D eigenvalue weighted by Crippen LogP contribution is 2.23. The number of hydrogen-bond donors (Lipinski definition) is 0. The molecule has 0 saturated carbocycles. The van der Waals surface area contributed by atoms with Crippen molar-refractivity contribution in [2.75, 3.05) is 30.9 Å². The predicted molar refractivity (Wildman–Crippen MR) is 84.1 cm³/mol. The average molecular weight is 367 g/mol. The van der Waals surface area contributed by atoms with Crippen molar-refractivity contribution in [3.05, 3.63) is 28.5 Å². The maximum atomic E-state index is 13.9. The van der Waals surface area contributed by atoms with Crippen molar-refractivity contribution in [2.45, 2.75) is 26.4 Å². The Morgan fingerprint density at radius 1 is 1.29 bits per heavy atom. The Balaban J connectivity index is 2.74. The summed E-state index contributed by atoms with van der Waals surface area (Å²) in [7, 11) is 0. The zero-order chi connectivity index (χ0) is 22.8. The van der Waals surface area contributed by atoms with Gasteiger partial charge in [0.1, 0.15) is 11.4 Å². The molecule has 0 bridgehead atoms. The number of halogens is 2. The van der Waals surface area contributed by atoms with E-state index in [2.05, 4.69) is 15.9 Å². The molecule has 0 spiro atoms. The number of ether oxygens (including phenoxy) is 1. The molecule has 6 heteroatoms. The van der Waals surface area contributed by atoms with E-state index in [9.17, 15) is 9.18 Å². The van der Waals surface area contributed by atoms with Crippen molar-refractivity contribution >= 4 is 27.7 Å². The Bertz CT molecular complexity index is 783. The van der Waals surface area contributed by atoms with Gasteiger partial charge in [-0.15, -0.1) is 0 Å². The molecule has 0 unspecified atom stereocenters. The van der Waals surface area contributed by atoms with Crippen LogP contribution >= 0.6 is 15.9 Å². The average Bonchev–Trinajstić information content (AvgIpc) is 2.41. The van der Waals surface area contributed by atoms with Crippen LogP contribution < -0.4 is 4.90 Å². The Morgan fingerprint density at radius 3 is 2.43 bits per heavy atom. The minimum absolute atomic E-state index is 0.106. The maximum absolute atomic E-state index is 13.9. The van der Waals surface area contributed by atoms with E-state index in [1.54, 1.807) is 0 Å². The Hall–Kier alpha value is -1.30. The molecule has 0 atom stereocenters. The molecule has 21 heavy (non-hydrogen) atoms. The van der Waals surface area contributed by atoms with Gasteiger partial charge >= 0.3 is 6.09 Å². The molecule has 1 amide bonds. The van der Waals surface area contributed by atoms with E-state index in [0.717, 1.165) is 18.2 Å². The minimum atomic E-state index is -3.40. The fourth-order valence-corrected chi connectivity index (χ4v) is 1.91. The number of carbonyl (C=O) groups is 1. The summed E-state index contributed by atoms with van der Waals surface area (Å²) in [6, 6.07) is 2.89. The van der Waals surface area contributed by atoms with Crippen molar-refractivity contribution < 1.29 is 24.9 Å². The number of rotatable bonds is 1. The number of nitrogens with zero attached hydrogens (tertiary/aromatic N) is 2. The van der Waals surface area contributed by atoms with Crippen LogP contribution in [0.25, 0.3) is 0 Å². The lowest BCUT2D eigenvalue weighted by Gasteiger charge is -2.36. The van der Waals surface area contributed by atoms with Gasteiger partial charge in [0.05, 0.1) is 11.0 Å². The Kier molecular flexibility index (Phi) is 2.48. The van der Waals surface area contributed by atoms with Crippen LogP contribution in [0.5, 0.6) is 0 Å². The SMILES string of the molecule is [2H]C1([2H])N(C(=O)OC(C)(C)C)C([2H])([2H])C([2H])([2H])N(c2cc(F)cc(Br)c2)C1([2H])[2H]. The summed E-state index contributed by atoms with van der Waals surface area (Å²) in [6.07, 6.45) is -1.57. The van der Waals surface area contributed by atoms with Gasteiger partial charge in [-0.25, -0.2) is 9.18 Å². The largest absolute Gasteiger partial charge is 0.444 e. The fourth-order valence-electron chi connectivity index (χ4n) is 1.45. The summed E-state index contributed by atoms with van der Waals surface area (Å²) in [5.41, 5.74) is -1.63. The van der Waals surface area contributed by atoms with Crippen LogP contribution in [-0.2, 0) is 4.74 Å². The fraction of sp³-hybridized carbons (Fsp3) is 0.533. The second-order valence-corrected chi connectivity index (χ2v) is 6.14.